The molecule has 190 valence electrons. The van der Waals surface area contributed by atoms with Crippen molar-refractivity contribution in [2.45, 2.75) is 24.7 Å². The predicted molar refractivity (Wildman–Crippen MR) is 140 cm³/mol. The largest absolute Gasteiger partial charge is 0.495 e. The lowest BCUT2D eigenvalue weighted by Gasteiger charge is -2.14. The van der Waals surface area contributed by atoms with Crippen LogP contribution in [-0.4, -0.2) is 34.0 Å². The van der Waals surface area contributed by atoms with Gasteiger partial charge >= 0.3 is 5.97 Å². The van der Waals surface area contributed by atoms with E-state index in [1.165, 1.54) is 67.8 Å². The molecule has 0 saturated heterocycles. The Kier molecular flexibility index (Phi) is 9.19. The Morgan fingerprint density at radius 1 is 0.972 bits per heavy atom. The molecule has 36 heavy (non-hydrogen) atoms. The summed E-state index contributed by atoms with van der Waals surface area (Å²) in [5.74, 6) is -0.800. The van der Waals surface area contributed by atoms with Gasteiger partial charge in [-0.05, 0) is 67.1 Å². The molecule has 0 saturated carbocycles. The number of carbonyl (C=O) groups excluding carboxylic acids is 2. The fourth-order valence-electron chi connectivity index (χ4n) is 3.10. The van der Waals surface area contributed by atoms with Crippen LogP contribution >= 0.6 is 23.2 Å². The van der Waals surface area contributed by atoms with Crippen LogP contribution in [-0.2, 0) is 14.8 Å². The zero-order valence-electron chi connectivity index (χ0n) is 19.5. The Morgan fingerprint density at radius 3 is 2.33 bits per heavy atom. The molecule has 0 radical (unpaired) electrons. The molecular formula is C25H24Cl2N2O6S. The van der Waals surface area contributed by atoms with Crippen LogP contribution in [0.3, 0.4) is 0 Å². The number of rotatable bonds is 10. The summed E-state index contributed by atoms with van der Waals surface area (Å²) >= 11 is 12.0. The lowest BCUT2D eigenvalue weighted by atomic mass is 10.2. The van der Waals surface area contributed by atoms with Crippen LogP contribution in [0.2, 0.25) is 10.0 Å². The predicted octanol–water partition coefficient (Wildman–Crippen LogP) is 6.01. The van der Waals surface area contributed by atoms with Crippen molar-refractivity contribution in [3.05, 3.63) is 81.8 Å². The van der Waals surface area contributed by atoms with Gasteiger partial charge in [-0.3, -0.25) is 9.52 Å². The molecule has 2 N–H and O–H groups in total. The Labute approximate surface area is 219 Å². The molecule has 0 aliphatic carbocycles. The molecule has 0 aromatic heterocycles. The zero-order chi connectivity index (χ0) is 26.3. The van der Waals surface area contributed by atoms with Crippen molar-refractivity contribution in [2.75, 3.05) is 23.8 Å². The van der Waals surface area contributed by atoms with Crippen LogP contribution in [0.5, 0.6) is 5.75 Å². The van der Waals surface area contributed by atoms with Gasteiger partial charge in [-0.15, -0.1) is 0 Å². The first-order valence-corrected chi connectivity index (χ1v) is 13.1. The average Bonchev–Trinajstić information content (AvgIpc) is 2.84. The number of unbranched alkanes of at least 4 members (excludes halogenated alkanes) is 1. The molecule has 3 aromatic rings. The van der Waals surface area contributed by atoms with E-state index in [4.69, 9.17) is 32.7 Å². The Balaban J connectivity index is 1.79. The Bertz CT molecular complexity index is 1360. The number of carbonyl (C=O) groups is 2. The molecule has 0 spiro atoms. The fraction of sp³-hybridized carbons (Fsp3) is 0.200. The van der Waals surface area contributed by atoms with Gasteiger partial charge in [0, 0.05) is 10.7 Å². The monoisotopic (exact) mass is 550 g/mol. The molecule has 3 rings (SSSR count). The van der Waals surface area contributed by atoms with Gasteiger partial charge in [-0.25, -0.2) is 13.2 Å². The number of benzene rings is 3. The fourth-order valence-corrected chi connectivity index (χ4v) is 4.67. The minimum Gasteiger partial charge on any atom is -0.495 e. The summed E-state index contributed by atoms with van der Waals surface area (Å²) in [5, 5.41) is 3.13. The number of ether oxygens (including phenoxy) is 2. The third-order valence-corrected chi connectivity index (χ3v) is 6.94. The number of halogens is 2. The number of nitrogens with one attached hydrogen (secondary N) is 2. The van der Waals surface area contributed by atoms with E-state index in [1.807, 2.05) is 6.92 Å². The molecular weight excluding hydrogens is 527 g/mol. The second-order valence-electron chi connectivity index (χ2n) is 7.61. The highest BCUT2D eigenvalue weighted by Gasteiger charge is 2.20. The molecule has 0 bridgehead atoms. The summed E-state index contributed by atoms with van der Waals surface area (Å²) < 4.78 is 38.9. The van der Waals surface area contributed by atoms with E-state index in [2.05, 4.69) is 10.0 Å². The van der Waals surface area contributed by atoms with Gasteiger partial charge in [-0.2, -0.15) is 0 Å². The van der Waals surface area contributed by atoms with Gasteiger partial charge in [0.25, 0.3) is 15.9 Å². The first kappa shape index (κ1) is 27.3. The summed E-state index contributed by atoms with van der Waals surface area (Å²) in [6, 6.07) is 14.3. The number of amides is 1. The SMILES string of the molecule is CCCCOC(=O)c1ccc(NS(=O)(=O)c2ccc(OC)c(NC(=O)c3ccc(Cl)cc3Cl)c2)cc1. The van der Waals surface area contributed by atoms with Gasteiger partial charge < -0.3 is 14.8 Å². The van der Waals surface area contributed by atoms with Crippen molar-refractivity contribution >= 4 is 56.5 Å². The number of hydrogen-bond acceptors (Lipinski definition) is 6. The van der Waals surface area contributed by atoms with Gasteiger partial charge in [0.2, 0.25) is 0 Å². The molecule has 0 fully saturated rings. The van der Waals surface area contributed by atoms with E-state index in [9.17, 15) is 18.0 Å². The quantitative estimate of drug-likeness (QED) is 0.236. The van der Waals surface area contributed by atoms with E-state index in [-0.39, 0.29) is 32.6 Å². The van der Waals surface area contributed by atoms with Gasteiger partial charge in [0.05, 0.1) is 40.4 Å². The Hall–Kier alpha value is -3.27. The summed E-state index contributed by atoms with van der Waals surface area (Å²) in [5.41, 5.74) is 0.836. The first-order chi connectivity index (χ1) is 17.1. The highest BCUT2D eigenvalue weighted by Crippen LogP contribution is 2.30. The highest BCUT2D eigenvalue weighted by atomic mass is 35.5. The molecule has 11 heteroatoms. The summed E-state index contributed by atoms with van der Waals surface area (Å²) in [4.78, 5) is 24.7. The smallest absolute Gasteiger partial charge is 0.338 e. The van der Waals surface area contributed by atoms with E-state index in [1.54, 1.807) is 0 Å². The molecule has 0 atom stereocenters. The van der Waals surface area contributed by atoms with Crippen molar-refractivity contribution in [1.82, 2.24) is 0 Å². The van der Waals surface area contributed by atoms with Crippen molar-refractivity contribution < 1.29 is 27.5 Å². The van der Waals surface area contributed by atoms with Crippen molar-refractivity contribution in [3.8, 4) is 5.75 Å². The third kappa shape index (κ3) is 6.90. The molecule has 0 heterocycles. The van der Waals surface area contributed by atoms with Crippen LogP contribution < -0.4 is 14.8 Å². The van der Waals surface area contributed by atoms with Crippen LogP contribution in [0.4, 0.5) is 11.4 Å². The van der Waals surface area contributed by atoms with Crippen LogP contribution in [0.15, 0.2) is 65.6 Å². The summed E-state index contributed by atoms with van der Waals surface area (Å²) in [6.45, 7) is 2.31. The molecule has 0 aliphatic heterocycles. The average molecular weight is 551 g/mol. The first-order valence-electron chi connectivity index (χ1n) is 10.9. The summed E-state index contributed by atoms with van der Waals surface area (Å²) in [7, 11) is -2.65. The van der Waals surface area contributed by atoms with Crippen LogP contribution in [0.1, 0.15) is 40.5 Å². The van der Waals surface area contributed by atoms with Crippen molar-refractivity contribution in [2.24, 2.45) is 0 Å². The lowest BCUT2D eigenvalue weighted by Crippen LogP contribution is -2.16. The minimum absolute atomic E-state index is 0.121. The molecule has 1 amide bonds. The second kappa shape index (κ2) is 12.1. The third-order valence-electron chi connectivity index (χ3n) is 5.01. The van der Waals surface area contributed by atoms with Crippen molar-refractivity contribution in [3.63, 3.8) is 0 Å². The van der Waals surface area contributed by atoms with E-state index in [0.29, 0.717) is 17.2 Å². The molecule has 0 aliphatic rings. The summed E-state index contributed by atoms with van der Waals surface area (Å²) in [6.07, 6.45) is 1.67. The maximum atomic E-state index is 13.0. The van der Waals surface area contributed by atoms with E-state index in [0.717, 1.165) is 12.8 Å². The minimum atomic E-state index is -4.04. The van der Waals surface area contributed by atoms with E-state index < -0.39 is 21.9 Å². The van der Waals surface area contributed by atoms with E-state index >= 15 is 0 Å². The number of sulfonamides is 1. The second-order valence-corrected chi connectivity index (χ2v) is 10.1. The zero-order valence-corrected chi connectivity index (χ0v) is 21.8. The van der Waals surface area contributed by atoms with Crippen molar-refractivity contribution in [1.29, 1.82) is 0 Å². The normalized spacial score (nSPS) is 11.0. The Morgan fingerprint density at radius 2 is 1.69 bits per heavy atom. The molecule has 8 nitrogen and oxygen atoms in total. The molecule has 0 unspecified atom stereocenters. The number of anilines is 2. The van der Waals surface area contributed by atoms with Crippen LogP contribution in [0, 0.1) is 0 Å². The maximum Gasteiger partial charge on any atom is 0.338 e. The number of hydrogen-bond donors (Lipinski definition) is 2. The molecule has 3 aromatic carbocycles. The standard InChI is InChI=1S/C25H24Cl2N2O6S/c1-3-4-13-35-25(31)16-5-8-18(9-6-16)29-36(32,33)19-10-12-23(34-2)22(15-19)28-24(30)20-11-7-17(26)14-21(20)27/h5-12,14-15,29H,3-4,13H2,1-2H3,(H,28,30). The maximum absolute atomic E-state index is 13.0. The lowest BCUT2D eigenvalue weighted by molar-refractivity contribution is 0.0499. The van der Waals surface area contributed by atoms with Gasteiger partial charge in [0.15, 0.2) is 0 Å². The highest BCUT2D eigenvalue weighted by molar-refractivity contribution is 7.92. The van der Waals surface area contributed by atoms with Gasteiger partial charge in [-0.1, -0.05) is 36.5 Å². The number of esters is 1. The topological polar surface area (TPSA) is 111 Å². The van der Waals surface area contributed by atoms with Crippen LogP contribution in [0.25, 0.3) is 0 Å². The number of methoxy groups -OCH3 is 1. The van der Waals surface area contributed by atoms with Gasteiger partial charge in [0.1, 0.15) is 5.75 Å².